The molecule has 0 amide bonds. The van der Waals surface area contributed by atoms with E-state index in [-0.39, 0.29) is 21.8 Å². The van der Waals surface area contributed by atoms with Crippen molar-refractivity contribution in [3.63, 3.8) is 0 Å². The molecule has 0 atom stereocenters. The van der Waals surface area contributed by atoms with E-state index in [0.29, 0.717) is 68.2 Å². The van der Waals surface area contributed by atoms with Gasteiger partial charge >= 0.3 is 0 Å². The number of anilines is 2. The minimum atomic E-state index is -3.65. The van der Waals surface area contributed by atoms with Crippen LogP contribution in [0, 0.1) is 20.8 Å². The molecule has 0 unspecified atom stereocenters. The first-order chi connectivity index (χ1) is 32.2. The first kappa shape index (κ1) is 52.0. The number of sulfonamides is 2. The Labute approximate surface area is 423 Å². The number of piperazine rings is 2. The maximum atomic E-state index is 14.2. The molecule has 0 bridgehead atoms. The second kappa shape index (κ2) is 22.1. The molecule has 0 N–H and O–H groups in total. The highest BCUT2D eigenvalue weighted by Crippen LogP contribution is 2.38. The Hall–Kier alpha value is -3.86. The van der Waals surface area contributed by atoms with Crippen LogP contribution in [-0.4, -0.2) is 87.8 Å². The summed E-state index contributed by atoms with van der Waals surface area (Å²) >= 11 is 15.3. The van der Waals surface area contributed by atoms with Crippen LogP contribution in [0.4, 0.5) is 10.3 Å². The average molecular weight is 1040 g/mol. The van der Waals surface area contributed by atoms with Gasteiger partial charge in [-0.05, 0) is 95.7 Å². The molecule has 68 heavy (non-hydrogen) atoms. The summed E-state index contributed by atoms with van der Waals surface area (Å²) in [5.41, 5.74) is 11.7. The monoisotopic (exact) mass is 1030 g/mol. The van der Waals surface area contributed by atoms with Crippen molar-refractivity contribution < 1.29 is 16.8 Å². The van der Waals surface area contributed by atoms with Crippen molar-refractivity contribution in [2.24, 2.45) is 0 Å². The molecule has 2 aliphatic rings. The number of rotatable bonds is 13. The number of halogens is 2. The van der Waals surface area contributed by atoms with Crippen LogP contribution in [-0.2, 0) is 32.9 Å². The van der Waals surface area contributed by atoms with Gasteiger partial charge in [-0.1, -0.05) is 125 Å². The van der Waals surface area contributed by atoms with E-state index in [0.717, 1.165) is 45.6 Å². The maximum Gasteiger partial charge on any atom is 0.244 e. The Morgan fingerprint density at radius 1 is 0.588 bits per heavy atom. The number of benzene rings is 4. The molecule has 0 spiro atoms. The van der Waals surface area contributed by atoms with Crippen LogP contribution in [0.1, 0.15) is 115 Å². The van der Waals surface area contributed by atoms with E-state index >= 15 is 0 Å². The SMILES string of the molecule is Cc1cc(C)c(Cc2csc(N3CCN(S(=O)(=O)c4c(C(C)C)cc(C(C)C)cc4C(C)C)CC3)n2)c(C)c1.O=S(=O)(c1ccc(Cl)cc1Cl)N1CCN(c2nc(Cc3ccccc3)cs2)CC1. The van der Waals surface area contributed by atoms with E-state index in [2.05, 4.69) is 119 Å². The lowest BCUT2D eigenvalue weighted by Gasteiger charge is -2.35. The zero-order valence-electron chi connectivity index (χ0n) is 40.6. The molecule has 2 aromatic heterocycles. The predicted octanol–water partition coefficient (Wildman–Crippen LogP) is 12.1. The van der Waals surface area contributed by atoms with Crippen LogP contribution < -0.4 is 9.80 Å². The summed E-state index contributed by atoms with van der Waals surface area (Å²) in [6.45, 7) is 23.4. The third kappa shape index (κ3) is 12.0. The van der Waals surface area contributed by atoms with Gasteiger partial charge in [0.25, 0.3) is 0 Å². The molecule has 0 aliphatic carbocycles. The molecule has 4 heterocycles. The fraction of sp³-hybridized carbons (Fsp3) is 0.423. The number of aryl methyl sites for hydroxylation is 3. The van der Waals surface area contributed by atoms with E-state index in [1.165, 1.54) is 49.8 Å². The van der Waals surface area contributed by atoms with E-state index in [1.807, 2.05) is 18.2 Å². The van der Waals surface area contributed by atoms with Crippen LogP contribution in [0.3, 0.4) is 0 Å². The summed E-state index contributed by atoms with van der Waals surface area (Å²) in [6.07, 6.45) is 1.62. The second-order valence-corrected chi connectivity index (χ2v) is 25.1. The molecular formula is C52H64Cl2N6O4S4. The number of aromatic nitrogens is 2. The predicted molar refractivity (Wildman–Crippen MR) is 284 cm³/mol. The van der Waals surface area contributed by atoms with Crippen molar-refractivity contribution >= 4 is 76.2 Å². The third-order valence-corrected chi connectivity index (χ3v) is 19.3. The standard InChI is InChI=1S/C32H45N3O2S2.C20H19Cl2N3O2S2/c1-20(2)26-16-28(21(3)4)31(29(17-26)22(5)6)39(36,37)35-12-10-34(11-13-35)32-33-27(19-38-32)18-30-24(8)14-23(7)15-25(30)9;21-16-6-7-19(18(22)13-16)29(26,27)25-10-8-24(9-11-25)20-23-17(14-28-20)12-15-4-2-1-3-5-15/h14-17,19-22H,10-13,18H2,1-9H3;1-7,13-14H,8-12H2. The Bertz CT molecular complexity index is 2870. The average Bonchev–Trinajstić information content (AvgIpc) is 3.98. The molecule has 6 aromatic rings. The Kier molecular flexibility index (Phi) is 16.9. The van der Waals surface area contributed by atoms with Crippen molar-refractivity contribution in [2.45, 2.75) is 103 Å². The molecule has 2 saturated heterocycles. The molecule has 0 saturated carbocycles. The fourth-order valence-corrected chi connectivity index (χ4v) is 14.9. The molecule has 4 aromatic carbocycles. The topological polar surface area (TPSA) is 107 Å². The zero-order valence-corrected chi connectivity index (χ0v) is 45.4. The number of hydrogen-bond donors (Lipinski definition) is 0. The van der Waals surface area contributed by atoms with E-state index in [4.69, 9.17) is 33.2 Å². The molecule has 364 valence electrons. The van der Waals surface area contributed by atoms with Crippen molar-refractivity contribution in [1.29, 1.82) is 0 Å². The molecule has 2 fully saturated rings. The number of thiazole rings is 2. The zero-order chi connectivity index (χ0) is 49.1. The minimum Gasteiger partial charge on any atom is -0.345 e. The van der Waals surface area contributed by atoms with Gasteiger partial charge in [0.05, 0.1) is 21.3 Å². The lowest BCUT2D eigenvalue weighted by molar-refractivity contribution is 0.383. The van der Waals surface area contributed by atoms with Gasteiger partial charge in [0.15, 0.2) is 10.3 Å². The van der Waals surface area contributed by atoms with Crippen molar-refractivity contribution in [3.05, 3.63) is 149 Å². The van der Waals surface area contributed by atoms with E-state index in [9.17, 15) is 16.8 Å². The first-order valence-electron chi connectivity index (χ1n) is 23.3. The first-order valence-corrected chi connectivity index (χ1v) is 28.7. The molecular weight excluding hydrogens is 972 g/mol. The van der Waals surface area contributed by atoms with Crippen molar-refractivity contribution in [1.82, 2.24) is 18.6 Å². The lowest BCUT2D eigenvalue weighted by atomic mass is 9.89. The van der Waals surface area contributed by atoms with Crippen LogP contribution in [0.5, 0.6) is 0 Å². The van der Waals surface area contributed by atoms with Gasteiger partial charge in [-0.3, -0.25) is 0 Å². The lowest BCUT2D eigenvalue weighted by Crippen LogP contribution is -2.49. The highest BCUT2D eigenvalue weighted by Gasteiger charge is 2.35. The van der Waals surface area contributed by atoms with Gasteiger partial charge in [0, 0.05) is 81.0 Å². The Balaban J connectivity index is 0.000000210. The van der Waals surface area contributed by atoms with Crippen LogP contribution in [0.2, 0.25) is 10.0 Å². The highest BCUT2D eigenvalue weighted by atomic mass is 35.5. The van der Waals surface area contributed by atoms with Crippen molar-refractivity contribution in [3.8, 4) is 0 Å². The number of nitrogens with zero attached hydrogens (tertiary/aromatic N) is 6. The summed E-state index contributed by atoms with van der Waals surface area (Å²) in [5.74, 6) is 0.603. The Morgan fingerprint density at radius 3 is 1.54 bits per heavy atom. The summed E-state index contributed by atoms with van der Waals surface area (Å²) in [7, 11) is -7.27. The van der Waals surface area contributed by atoms with Gasteiger partial charge in [-0.25, -0.2) is 26.8 Å². The summed E-state index contributed by atoms with van der Waals surface area (Å²) in [5, 5.41) is 6.68. The third-order valence-electron chi connectivity index (χ3n) is 12.7. The Morgan fingerprint density at radius 2 is 1.07 bits per heavy atom. The second-order valence-electron chi connectivity index (χ2n) is 18.8. The van der Waals surface area contributed by atoms with Crippen LogP contribution >= 0.6 is 45.9 Å². The molecule has 2 aliphatic heterocycles. The highest BCUT2D eigenvalue weighted by molar-refractivity contribution is 7.89. The number of hydrogen-bond acceptors (Lipinski definition) is 10. The molecule has 0 radical (unpaired) electrons. The quantitative estimate of drug-likeness (QED) is 0.113. The maximum absolute atomic E-state index is 14.2. The minimum absolute atomic E-state index is 0.0939. The van der Waals surface area contributed by atoms with Gasteiger partial charge < -0.3 is 9.80 Å². The van der Waals surface area contributed by atoms with Gasteiger partial charge in [-0.2, -0.15) is 8.61 Å². The van der Waals surface area contributed by atoms with E-state index in [1.54, 1.807) is 33.0 Å². The fourth-order valence-electron chi connectivity index (χ4n) is 8.90. The molecule has 16 heteroatoms. The summed E-state index contributed by atoms with van der Waals surface area (Å²) in [6, 6.07) is 23.4. The van der Waals surface area contributed by atoms with Crippen molar-refractivity contribution in [2.75, 3.05) is 62.2 Å². The smallest absolute Gasteiger partial charge is 0.244 e. The summed E-state index contributed by atoms with van der Waals surface area (Å²) < 4.78 is 57.3. The molecule has 8 rings (SSSR count). The van der Waals surface area contributed by atoms with Crippen LogP contribution in [0.15, 0.2) is 93.3 Å². The van der Waals surface area contributed by atoms with Gasteiger partial charge in [-0.15, -0.1) is 22.7 Å². The normalized spacial score (nSPS) is 15.4. The van der Waals surface area contributed by atoms with Gasteiger partial charge in [0.1, 0.15) is 4.90 Å². The largest absolute Gasteiger partial charge is 0.345 e. The summed E-state index contributed by atoms with van der Waals surface area (Å²) in [4.78, 5) is 14.7. The molecule has 10 nitrogen and oxygen atoms in total. The van der Waals surface area contributed by atoms with Gasteiger partial charge in [0.2, 0.25) is 20.0 Å². The van der Waals surface area contributed by atoms with Crippen LogP contribution in [0.25, 0.3) is 0 Å². The van der Waals surface area contributed by atoms with E-state index < -0.39 is 20.0 Å².